The maximum absolute atomic E-state index is 14.4. The third-order valence-corrected chi connectivity index (χ3v) is 6.87. The lowest BCUT2D eigenvalue weighted by atomic mass is 9.79. The van der Waals surface area contributed by atoms with Crippen molar-refractivity contribution in [2.24, 2.45) is 0 Å². The second-order valence-corrected chi connectivity index (χ2v) is 9.73. The number of carbonyl (C=O) groups is 2. The Hall–Kier alpha value is -3.06. The molecule has 2 aromatic carbocycles. The number of carbonyl (C=O) groups excluding carboxylic acids is 2. The molecule has 0 spiro atoms. The molecular weight excluding hydrogens is 437 g/mol. The summed E-state index contributed by atoms with van der Waals surface area (Å²) in [6, 6.07) is 10.1. The molecule has 2 aromatic rings. The molecule has 0 radical (unpaired) electrons. The molecule has 1 saturated heterocycles. The highest BCUT2D eigenvalue weighted by Gasteiger charge is 2.37. The van der Waals surface area contributed by atoms with E-state index in [1.165, 1.54) is 29.4 Å². The van der Waals surface area contributed by atoms with Gasteiger partial charge < -0.3 is 4.90 Å². The molecule has 2 aliphatic rings. The highest BCUT2D eigenvalue weighted by molar-refractivity contribution is 7.80. The van der Waals surface area contributed by atoms with E-state index in [0.29, 0.717) is 5.92 Å². The Morgan fingerprint density at radius 3 is 2.58 bits per heavy atom. The number of halogens is 1. The molecule has 1 fully saturated rings. The fourth-order valence-corrected chi connectivity index (χ4v) is 5.34. The number of rotatable bonds is 3. The number of fused-ring (bicyclic) bond motifs is 1. The summed E-state index contributed by atoms with van der Waals surface area (Å²) in [7, 11) is 0. The number of amides is 2. The lowest BCUT2D eigenvalue weighted by Gasteiger charge is -2.47. The van der Waals surface area contributed by atoms with Gasteiger partial charge >= 0.3 is 0 Å². The van der Waals surface area contributed by atoms with Crippen LogP contribution in [0.4, 0.5) is 15.8 Å². The number of anilines is 2. The molecule has 33 heavy (non-hydrogen) atoms. The third kappa shape index (κ3) is 3.95. The van der Waals surface area contributed by atoms with Crippen molar-refractivity contribution in [2.45, 2.75) is 52.5 Å². The van der Waals surface area contributed by atoms with Gasteiger partial charge in [0.15, 0.2) is 5.11 Å². The summed E-state index contributed by atoms with van der Waals surface area (Å²) in [5, 5.41) is 2.39. The smallest absolute Gasteiger partial charge is 0.270 e. The molecular formula is C26H28FN3O2S. The van der Waals surface area contributed by atoms with Crippen LogP contribution in [0.5, 0.6) is 0 Å². The van der Waals surface area contributed by atoms with Crippen molar-refractivity contribution >= 4 is 46.6 Å². The van der Waals surface area contributed by atoms with Gasteiger partial charge in [-0.2, -0.15) is 0 Å². The predicted octanol–water partition coefficient (Wildman–Crippen LogP) is 5.08. The normalized spacial score (nSPS) is 21.3. The number of nitrogens with zero attached hydrogens (tertiary/aromatic N) is 2. The summed E-state index contributed by atoms with van der Waals surface area (Å²) in [6.07, 6.45) is 2.59. The zero-order valence-electron chi connectivity index (χ0n) is 19.5. The van der Waals surface area contributed by atoms with E-state index in [-0.39, 0.29) is 21.9 Å². The van der Waals surface area contributed by atoms with Crippen LogP contribution in [0, 0.1) is 12.7 Å². The second kappa shape index (κ2) is 8.37. The molecule has 0 bridgehead atoms. The maximum Gasteiger partial charge on any atom is 0.270 e. The third-order valence-electron chi connectivity index (χ3n) is 6.58. The molecule has 5 nitrogen and oxygen atoms in total. The van der Waals surface area contributed by atoms with Gasteiger partial charge in [-0.15, -0.1) is 0 Å². The average Bonchev–Trinajstić information content (AvgIpc) is 2.72. The number of hydrogen-bond acceptors (Lipinski definition) is 4. The van der Waals surface area contributed by atoms with Crippen molar-refractivity contribution in [1.29, 1.82) is 0 Å². The van der Waals surface area contributed by atoms with Crippen LogP contribution in [0.2, 0.25) is 0 Å². The lowest BCUT2D eigenvalue weighted by Crippen LogP contribution is -2.54. The van der Waals surface area contributed by atoms with Crippen molar-refractivity contribution in [2.75, 3.05) is 16.3 Å². The fourth-order valence-electron chi connectivity index (χ4n) is 5.07. The van der Waals surface area contributed by atoms with Gasteiger partial charge in [0.2, 0.25) is 0 Å². The Morgan fingerprint density at radius 1 is 1.21 bits per heavy atom. The zero-order valence-corrected chi connectivity index (χ0v) is 20.3. The number of benzene rings is 2. The summed E-state index contributed by atoms with van der Waals surface area (Å²) in [5.41, 5.74) is 4.10. The number of thiocarbonyl (C=S) groups is 1. The maximum atomic E-state index is 14.4. The van der Waals surface area contributed by atoms with Gasteiger partial charge in [0.1, 0.15) is 11.4 Å². The van der Waals surface area contributed by atoms with E-state index in [4.69, 9.17) is 12.2 Å². The number of aryl methyl sites for hydroxylation is 1. The van der Waals surface area contributed by atoms with Gasteiger partial charge in [-0.1, -0.05) is 19.1 Å². The second-order valence-electron chi connectivity index (χ2n) is 9.34. The summed E-state index contributed by atoms with van der Waals surface area (Å²) < 4.78 is 14.4. The summed E-state index contributed by atoms with van der Waals surface area (Å²) in [5.74, 6) is -1.49. The van der Waals surface area contributed by atoms with Crippen molar-refractivity contribution in [3.63, 3.8) is 0 Å². The Labute approximate surface area is 199 Å². The van der Waals surface area contributed by atoms with Crippen LogP contribution >= 0.6 is 12.2 Å². The molecule has 7 heteroatoms. The molecule has 1 N–H and O–H groups in total. The SMILES string of the molecule is CCN1c2cc(C)c(/C=C3\C(=O)NC(=S)N(c4ccccc4F)C3=O)cc2[C@H](C)CC1(C)C. The minimum absolute atomic E-state index is 0.00926. The Morgan fingerprint density at radius 2 is 1.91 bits per heavy atom. The van der Waals surface area contributed by atoms with Gasteiger partial charge in [-0.25, -0.2) is 9.29 Å². The molecule has 0 aromatic heterocycles. The van der Waals surface area contributed by atoms with Gasteiger partial charge in [0.25, 0.3) is 11.8 Å². The molecule has 2 amide bonds. The van der Waals surface area contributed by atoms with Crippen LogP contribution < -0.4 is 15.1 Å². The van der Waals surface area contributed by atoms with Gasteiger partial charge in [0, 0.05) is 17.8 Å². The molecule has 2 aliphatic heterocycles. The molecule has 0 unspecified atom stereocenters. The van der Waals surface area contributed by atoms with E-state index in [2.05, 4.69) is 50.0 Å². The topological polar surface area (TPSA) is 52.7 Å². The van der Waals surface area contributed by atoms with Crippen LogP contribution in [0.25, 0.3) is 6.08 Å². The van der Waals surface area contributed by atoms with E-state index < -0.39 is 17.6 Å². The quantitative estimate of drug-likeness (QED) is 0.390. The first kappa shape index (κ1) is 23.1. The van der Waals surface area contributed by atoms with Crippen LogP contribution in [0.1, 0.15) is 56.7 Å². The van der Waals surface area contributed by atoms with Crippen molar-refractivity contribution in [3.8, 4) is 0 Å². The minimum Gasteiger partial charge on any atom is -0.366 e. The van der Waals surface area contributed by atoms with E-state index in [9.17, 15) is 14.0 Å². The Balaban J connectivity index is 1.79. The van der Waals surface area contributed by atoms with E-state index >= 15 is 0 Å². The van der Waals surface area contributed by atoms with Gasteiger partial charge in [0.05, 0.1) is 5.69 Å². The minimum atomic E-state index is -0.643. The molecule has 1 atom stereocenters. The van der Waals surface area contributed by atoms with Crippen LogP contribution in [0.15, 0.2) is 42.0 Å². The molecule has 0 saturated carbocycles. The first-order valence-electron chi connectivity index (χ1n) is 11.1. The van der Waals surface area contributed by atoms with E-state index in [0.717, 1.165) is 29.0 Å². The van der Waals surface area contributed by atoms with Crippen LogP contribution in [-0.4, -0.2) is 29.0 Å². The van der Waals surface area contributed by atoms with Crippen LogP contribution in [0.3, 0.4) is 0 Å². The van der Waals surface area contributed by atoms with Crippen molar-refractivity contribution < 1.29 is 14.0 Å². The highest BCUT2D eigenvalue weighted by Crippen LogP contribution is 2.44. The molecule has 0 aliphatic carbocycles. The highest BCUT2D eigenvalue weighted by atomic mass is 32.1. The summed E-state index contributed by atoms with van der Waals surface area (Å²) in [4.78, 5) is 29.4. The largest absolute Gasteiger partial charge is 0.366 e. The summed E-state index contributed by atoms with van der Waals surface area (Å²) in [6.45, 7) is 11.7. The van der Waals surface area contributed by atoms with Crippen molar-refractivity contribution in [3.05, 3.63) is 64.5 Å². The number of nitrogens with one attached hydrogen (secondary N) is 1. The lowest BCUT2D eigenvalue weighted by molar-refractivity contribution is -0.122. The van der Waals surface area contributed by atoms with Gasteiger partial charge in [-0.3, -0.25) is 14.9 Å². The summed E-state index contributed by atoms with van der Waals surface area (Å²) >= 11 is 5.18. The van der Waals surface area contributed by atoms with Gasteiger partial charge in [-0.05, 0) is 99.3 Å². The molecule has 172 valence electrons. The fraction of sp³-hybridized carbons (Fsp3) is 0.346. The molecule has 4 rings (SSSR count). The molecule has 2 heterocycles. The number of hydrogen-bond donors (Lipinski definition) is 1. The van der Waals surface area contributed by atoms with E-state index in [1.54, 1.807) is 12.1 Å². The van der Waals surface area contributed by atoms with E-state index in [1.807, 2.05) is 6.92 Å². The predicted molar refractivity (Wildman–Crippen MR) is 134 cm³/mol. The van der Waals surface area contributed by atoms with Crippen molar-refractivity contribution in [1.82, 2.24) is 5.32 Å². The first-order valence-corrected chi connectivity index (χ1v) is 11.5. The average molecular weight is 466 g/mol. The Bertz CT molecular complexity index is 1200. The zero-order chi connectivity index (χ0) is 24.1. The number of para-hydroxylation sites is 1. The standard InChI is InChI=1S/C26H28FN3O2S/c1-6-29-22-11-15(2)17(12-18(22)16(3)14-26(29,4)5)13-19-23(31)28-25(33)30(24(19)32)21-10-8-7-9-20(21)27/h7-13,16H,6,14H2,1-5H3,(H,28,31,33)/b19-13+/t16-/m1/s1. The Kier molecular flexibility index (Phi) is 5.86. The van der Waals surface area contributed by atoms with Crippen LogP contribution in [-0.2, 0) is 9.59 Å². The first-order chi connectivity index (χ1) is 15.5. The monoisotopic (exact) mass is 465 g/mol.